The van der Waals surface area contributed by atoms with Gasteiger partial charge in [0.15, 0.2) is 0 Å². The zero-order chi connectivity index (χ0) is 11.3. The van der Waals surface area contributed by atoms with E-state index in [0.717, 1.165) is 9.32 Å². The first-order valence-corrected chi connectivity index (χ1v) is 5.49. The molecule has 0 bridgehead atoms. The number of hydrogen-bond acceptors (Lipinski definition) is 2. The minimum absolute atomic E-state index is 0.101. The van der Waals surface area contributed by atoms with E-state index in [0.29, 0.717) is 12.1 Å². The fourth-order valence-electron chi connectivity index (χ4n) is 1.07. The highest BCUT2D eigenvalue weighted by Crippen LogP contribution is 2.21. The maximum atomic E-state index is 11.6. The monoisotopic (exact) mass is 317 g/mol. The van der Waals surface area contributed by atoms with Crippen LogP contribution in [0.15, 0.2) is 30.9 Å². The van der Waals surface area contributed by atoms with Crippen LogP contribution in [0.3, 0.4) is 0 Å². The molecule has 1 aromatic rings. The zero-order valence-corrected chi connectivity index (χ0v) is 10.6. The van der Waals surface area contributed by atoms with Gasteiger partial charge in [0.2, 0.25) is 0 Å². The topological polar surface area (TPSA) is 38.3 Å². The first kappa shape index (κ1) is 12.0. The number of hydrogen-bond donors (Lipinski definition) is 1. The molecular weight excluding hydrogens is 305 g/mol. The average molecular weight is 317 g/mol. The molecule has 0 aliphatic carbocycles. The fraction of sp³-hybridized carbons (Fsp3) is 0.182. The number of rotatable bonds is 4. The molecule has 0 aliphatic rings. The molecule has 1 amide bonds. The van der Waals surface area contributed by atoms with Gasteiger partial charge in [0, 0.05) is 12.1 Å². The molecule has 0 fully saturated rings. The molecule has 1 rings (SSSR count). The second-order valence-corrected chi connectivity index (χ2v) is 4.01. The second kappa shape index (κ2) is 5.75. The van der Waals surface area contributed by atoms with Crippen molar-refractivity contribution in [2.75, 3.05) is 13.7 Å². The summed E-state index contributed by atoms with van der Waals surface area (Å²) in [6, 6.07) is 5.31. The van der Waals surface area contributed by atoms with Gasteiger partial charge in [0.05, 0.1) is 10.7 Å². The highest BCUT2D eigenvalue weighted by Gasteiger charge is 2.07. The number of amides is 1. The molecule has 0 unspecified atom stereocenters. The van der Waals surface area contributed by atoms with Crippen molar-refractivity contribution in [2.24, 2.45) is 0 Å². The number of ether oxygens (including phenoxy) is 1. The number of benzene rings is 1. The lowest BCUT2D eigenvalue weighted by atomic mass is 10.2. The Kier molecular flexibility index (Phi) is 4.61. The van der Waals surface area contributed by atoms with Gasteiger partial charge in [-0.05, 0) is 40.8 Å². The van der Waals surface area contributed by atoms with Crippen molar-refractivity contribution in [2.45, 2.75) is 0 Å². The quantitative estimate of drug-likeness (QED) is 0.683. The zero-order valence-electron chi connectivity index (χ0n) is 8.42. The van der Waals surface area contributed by atoms with Crippen LogP contribution in [-0.4, -0.2) is 19.6 Å². The Morgan fingerprint density at radius 2 is 2.40 bits per heavy atom. The van der Waals surface area contributed by atoms with Gasteiger partial charge in [-0.15, -0.1) is 6.58 Å². The number of halogens is 1. The SMILES string of the molecule is C=CCNC(=O)c1ccc(OC)c(I)c1. The van der Waals surface area contributed by atoms with Crippen LogP contribution < -0.4 is 10.1 Å². The van der Waals surface area contributed by atoms with Crippen molar-refractivity contribution in [3.05, 3.63) is 40.0 Å². The van der Waals surface area contributed by atoms with E-state index in [4.69, 9.17) is 4.74 Å². The van der Waals surface area contributed by atoms with Crippen molar-refractivity contribution in [3.63, 3.8) is 0 Å². The van der Waals surface area contributed by atoms with Crippen LogP contribution in [-0.2, 0) is 0 Å². The van der Waals surface area contributed by atoms with E-state index in [1.165, 1.54) is 0 Å². The molecule has 0 heterocycles. The van der Waals surface area contributed by atoms with Gasteiger partial charge in [-0.3, -0.25) is 4.79 Å². The van der Waals surface area contributed by atoms with Gasteiger partial charge in [-0.1, -0.05) is 6.08 Å². The van der Waals surface area contributed by atoms with Crippen molar-refractivity contribution >= 4 is 28.5 Å². The molecule has 0 saturated carbocycles. The minimum Gasteiger partial charge on any atom is -0.496 e. The third kappa shape index (κ3) is 3.23. The highest BCUT2D eigenvalue weighted by atomic mass is 127. The highest BCUT2D eigenvalue weighted by molar-refractivity contribution is 14.1. The van der Waals surface area contributed by atoms with Crippen LogP contribution in [0.25, 0.3) is 0 Å². The van der Waals surface area contributed by atoms with E-state index in [1.807, 2.05) is 0 Å². The summed E-state index contributed by atoms with van der Waals surface area (Å²) in [7, 11) is 1.61. The number of carbonyl (C=O) groups is 1. The van der Waals surface area contributed by atoms with Crippen molar-refractivity contribution < 1.29 is 9.53 Å². The molecule has 0 aliphatic heterocycles. The molecule has 3 nitrogen and oxygen atoms in total. The van der Waals surface area contributed by atoms with E-state index >= 15 is 0 Å². The summed E-state index contributed by atoms with van der Waals surface area (Å²) < 4.78 is 6.02. The third-order valence-electron chi connectivity index (χ3n) is 1.82. The van der Waals surface area contributed by atoms with Crippen LogP contribution in [0.4, 0.5) is 0 Å². The first-order valence-electron chi connectivity index (χ1n) is 4.41. The summed E-state index contributed by atoms with van der Waals surface area (Å²) in [5, 5.41) is 2.71. The summed E-state index contributed by atoms with van der Waals surface area (Å²) in [6.07, 6.45) is 1.65. The smallest absolute Gasteiger partial charge is 0.251 e. The molecule has 15 heavy (non-hydrogen) atoms. The Balaban J connectivity index is 2.82. The van der Waals surface area contributed by atoms with Gasteiger partial charge < -0.3 is 10.1 Å². The molecule has 1 aromatic carbocycles. The molecule has 0 saturated heterocycles. The van der Waals surface area contributed by atoms with Crippen LogP contribution in [0.5, 0.6) is 5.75 Å². The van der Waals surface area contributed by atoms with Gasteiger partial charge in [0.25, 0.3) is 5.91 Å². The van der Waals surface area contributed by atoms with Crippen molar-refractivity contribution in [1.29, 1.82) is 0 Å². The lowest BCUT2D eigenvalue weighted by molar-refractivity contribution is 0.0958. The predicted octanol–water partition coefficient (Wildman–Crippen LogP) is 2.22. The van der Waals surface area contributed by atoms with E-state index in [9.17, 15) is 4.79 Å². The van der Waals surface area contributed by atoms with Crippen molar-refractivity contribution in [3.8, 4) is 5.75 Å². The maximum absolute atomic E-state index is 11.6. The minimum atomic E-state index is -0.101. The van der Waals surface area contributed by atoms with E-state index in [-0.39, 0.29) is 5.91 Å². The van der Waals surface area contributed by atoms with Crippen LogP contribution >= 0.6 is 22.6 Å². The normalized spacial score (nSPS) is 9.47. The molecule has 0 radical (unpaired) electrons. The standard InChI is InChI=1S/C11H12INO2/c1-3-6-13-11(14)8-4-5-10(15-2)9(12)7-8/h3-5,7H,1,6H2,2H3,(H,13,14). The Morgan fingerprint density at radius 3 is 2.93 bits per heavy atom. The Hall–Kier alpha value is -1.04. The molecular formula is C11H12INO2. The number of methoxy groups -OCH3 is 1. The van der Waals surface area contributed by atoms with Crippen molar-refractivity contribution in [1.82, 2.24) is 5.32 Å². The maximum Gasteiger partial charge on any atom is 0.251 e. The molecule has 0 spiro atoms. The Morgan fingerprint density at radius 1 is 1.67 bits per heavy atom. The summed E-state index contributed by atoms with van der Waals surface area (Å²) in [5.74, 6) is 0.673. The molecule has 80 valence electrons. The summed E-state index contributed by atoms with van der Waals surface area (Å²) in [4.78, 5) is 11.6. The average Bonchev–Trinajstić information content (AvgIpc) is 2.25. The van der Waals surface area contributed by atoms with Gasteiger partial charge in [0.1, 0.15) is 5.75 Å². The van der Waals surface area contributed by atoms with Crippen LogP contribution in [0, 0.1) is 3.57 Å². The van der Waals surface area contributed by atoms with Crippen LogP contribution in [0.1, 0.15) is 10.4 Å². The molecule has 0 atom stereocenters. The van der Waals surface area contributed by atoms with Gasteiger partial charge in [-0.25, -0.2) is 0 Å². The lowest BCUT2D eigenvalue weighted by Gasteiger charge is -2.06. The first-order chi connectivity index (χ1) is 7.19. The number of carbonyl (C=O) groups excluding carboxylic acids is 1. The summed E-state index contributed by atoms with van der Waals surface area (Å²) >= 11 is 2.13. The summed E-state index contributed by atoms with van der Waals surface area (Å²) in [6.45, 7) is 4.01. The second-order valence-electron chi connectivity index (χ2n) is 2.85. The summed E-state index contributed by atoms with van der Waals surface area (Å²) in [5.41, 5.74) is 0.627. The predicted molar refractivity (Wildman–Crippen MR) is 68.2 cm³/mol. The number of nitrogens with one attached hydrogen (secondary N) is 1. The molecule has 1 N–H and O–H groups in total. The Bertz CT molecular complexity index is 377. The molecule has 0 aromatic heterocycles. The third-order valence-corrected chi connectivity index (χ3v) is 2.66. The molecule has 4 heteroatoms. The van der Waals surface area contributed by atoms with E-state index in [2.05, 4.69) is 34.5 Å². The van der Waals surface area contributed by atoms with Gasteiger partial charge >= 0.3 is 0 Å². The van der Waals surface area contributed by atoms with E-state index < -0.39 is 0 Å². The fourth-order valence-corrected chi connectivity index (χ4v) is 1.81. The van der Waals surface area contributed by atoms with E-state index in [1.54, 1.807) is 31.4 Å². The van der Waals surface area contributed by atoms with Gasteiger partial charge in [-0.2, -0.15) is 0 Å². The van der Waals surface area contributed by atoms with Crippen LogP contribution in [0.2, 0.25) is 0 Å². The largest absolute Gasteiger partial charge is 0.496 e. The lowest BCUT2D eigenvalue weighted by Crippen LogP contribution is -2.23. The Labute approximate surface area is 103 Å².